The molecule has 0 aromatic heterocycles. The Balaban J connectivity index is 2.63. The van der Waals surface area contributed by atoms with Crippen molar-refractivity contribution in [2.75, 3.05) is 19.6 Å². The summed E-state index contributed by atoms with van der Waals surface area (Å²) in [6.45, 7) is 5.23. The molecule has 8 nitrogen and oxygen atoms in total. The molecule has 0 spiro atoms. The van der Waals surface area contributed by atoms with Gasteiger partial charge in [-0.25, -0.2) is 4.79 Å². The number of aliphatic hydroxyl groups is 2. The van der Waals surface area contributed by atoms with Gasteiger partial charge < -0.3 is 19.8 Å². The summed E-state index contributed by atoms with van der Waals surface area (Å²) >= 11 is 0. The van der Waals surface area contributed by atoms with Crippen molar-refractivity contribution in [1.82, 2.24) is 4.90 Å². The summed E-state index contributed by atoms with van der Waals surface area (Å²) in [4.78, 5) is 15.7. The first-order valence-electron chi connectivity index (χ1n) is 6.07. The van der Waals surface area contributed by atoms with E-state index in [1.807, 2.05) is 0 Å². The molecular weight excluding hydrogens is 252 g/mol. The summed E-state index contributed by atoms with van der Waals surface area (Å²) < 4.78 is 5.19. The zero-order valence-electron chi connectivity index (χ0n) is 11.4. The molecule has 0 bridgehead atoms. The predicted molar refractivity (Wildman–Crippen MR) is 67.4 cm³/mol. The molecule has 0 aliphatic carbocycles. The van der Waals surface area contributed by atoms with Crippen molar-refractivity contribution in [3.05, 3.63) is 10.4 Å². The van der Waals surface area contributed by atoms with Crippen LogP contribution in [0.15, 0.2) is 5.11 Å². The smallest absolute Gasteiger partial charge is 0.410 e. The Morgan fingerprint density at radius 2 is 2.26 bits per heavy atom. The minimum Gasteiger partial charge on any atom is -0.444 e. The average Bonchev–Trinajstić information content (AvgIpc) is 2.28. The molecule has 108 valence electrons. The minimum absolute atomic E-state index is 0.0492. The van der Waals surface area contributed by atoms with E-state index in [0.29, 0.717) is 0 Å². The number of ether oxygens (including phenoxy) is 1. The monoisotopic (exact) mass is 272 g/mol. The summed E-state index contributed by atoms with van der Waals surface area (Å²) in [5.74, 6) is 0. The lowest BCUT2D eigenvalue weighted by Crippen LogP contribution is -2.58. The Hall–Kier alpha value is -1.50. The van der Waals surface area contributed by atoms with Crippen LogP contribution in [0.5, 0.6) is 0 Å². The maximum Gasteiger partial charge on any atom is 0.410 e. The summed E-state index contributed by atoms with van der Waals surface area (Å²) in [6, 6.07) is 0. The van der Waals surface area contributed by atoms with Crippen LogP contribution in [-0.4, -0.2) is 58.1 Å². The molecule has 1 aliphatic rings. The first-order chi connectivity index (χ1) is 8.68. The summed E-state index contributed by atoms with van der Waals surface area (Å²) in [5, 5.41) is 23.3. The molecule has 0 aromatic rings. The van der Waals surface area contributed by atoms with Gasteiger partial charge >= 0.3 is 6.09 Å². The Kier molecular flexibility index (Phi) is 4.62. The van der Waals surface area contributed by atoms with Gasteiger partial charge in [-0.05, 0) is 32.7 Å². The van der Waals surface area contributed by atoms with Gasteiger partial charge in [0, 0.05) is 11.5 Å². The molecule has 2 N–H and O–H groups in total. The van der Waals surface area contributed by atoms with Crippen LogP contribution >= 0.6 is 0 Å². The molecule has 8 heteroatoms. The SMILES string of the molecule is CC(C)(C)OC(=O)N1CC[C@@](O)(CN=[N+]=[N-])[C@H](O)C1. The number of hydrogen-bond acceptors (Lipinski definition) is 5. The van der Waals surface area contributed by atoms with Crippen molar-refractivity contribution in [1.29, 1.82) is 0 Å². The molecule has 19 heavy (non-hydrogen) atoms. The van der Waals surface area contributed by atoms with Crippen molar-refractivity contribution in [2.24, 2.45) is 5.11 Å². The highest BCUT2D eigenvalue weighted by Gasteiger charge is 2.42. The lowest BCUT2D eigenvalue weighted by molar-refractivity contribution is -0.111. The number of aliphatic hydroxyl groups excluding tert-OH is 1. The second-order valence-electron chi connectivity index (χ2n) is 5.68. The third-order valence-corrected chi connectivity index (χ3v) is 2.89. The van der Waals surface area contributed by atoms with E-state index >= 15 is 0 Å². The Bertz CT molecular complexity index is 389. The number of likely N-dealkylation sites (tertiary alicyclic amines) is 1. The van der Waals surface area contributed by atoms with Crippen molar-refractivity contribution < 1.29 is 19.7 Å². The first kappa shape index (κ1) is 15.6. The zero-order valence-corrected chi connectivity index (χ0v) is 11.4. The second kappa shape index (κ2) is 5.64. The van der Waals surface area contributed by atoms with Crippen LogP contribution in [0.25, 0.3) is 10.4 Å². The van der Waals surface area contributed by atoms with E-state index in [9.17, 15) is 15.0 Å². The van der Waals surface area contributed by atoms with Crippen LogP contribution in [0, 0.1) is 0 Å². The maximum absolute atomic E-state index is 11.8. The van der Waals surface area contributed by atoms with E-state index in [2.05, 4.69) is 10.0 Å². The molecule has 1 saturated heterocycles. The van der Waals surface area contributed by atoms with Crippen LogP contribution < -0.4 is 0 Å². The normalized spacial score (nSPS) is 27.6. The molecule has 1 aliphatic heterocycles. The van der Waals surface area contributed by atoms with Gasteiger partial charge in [0.25, 0.3) is 0 Å². The van der Waals surface area contributed by atoms with Crippen LogP contribution in [0.2, 0.25) is 0 Å². The van der Waals surface area contributed by atoms with Crippen molar-refractivity contribution >= 4 is 6.09 Å². The van der Waals surface area contributed by atoms with Crippen LogP contribution in [0.4, 0.5) is 4.79 Å². The lowest BCUT2D eigenvalue weighted by Gasteiger charge is -2.41. The van der Waals surface area contributed by atoms with Crippen molar-refractivity contribution in [3.8, 4) is 0 Å². The Labute approximate surface area is 111 Å². The first-order valence-corrected chi connectivity index (χ1v) is 6.07. The summed E-state index contributed by atoms with van der Waals surface area (Å²) in [5.41, 5.74) is 6.15. The number of azide groups is 1. The molecular formula is C11H20N4O4. The van der Waals surface area contributed by atoms with Crippen LogP contribution in [0.3, 0.4) is 0 Å². The largest absolute Gasteiger partial charge is 0.444 e. The molecule has 0 saturated carbocycles. The van der Waals surface area contributed by atoms with Gasteiger partial charge in [-0.15, -0.1) is 0 Å². The lowest BCUT2D eigenvalue weighted by atomic mass is 9.89. The minimum atomic E-state index is -1.48. The van der Waals surface area contributed by atoms with E-state index in [0.717, 1.165) is 0 Å². The number of rotatable bonds is 2. The standard InChI is InChI=1S/C11H20N4O4/c1-10(2,3)19-9(17)15-5-4-11(18,7-13-14-12)8(16)6-15/h8,16,18H,4-7H2,1-3H3/t8-,11-/m1/s1. The van der Waals surface area contributed by atoms with Gasteiger partial charge in [-0.2, -0.15) is 0 Å². The molecule has 1 amide bonds. The maximum atomic E-state index is 11.8. The average molecular weight is 272 g/mol. The number of carbonyl (C=O) groups is 1. The number of nitrogens with zero attached hydrogens (tertiary/aromatic N) is 4. The van der Waals surface area contributed by atoms with Gasteiger partial charge in [-0.3, -0.25) is 0 Å². The van der Waals surface area contributed by atoms with Crippen molar-refractivity contribution in [2.45, 2.75) is 44.5 Å². The highest BCUT2D eigenvalue weighted by Crippen LogP contribution is 2.24. The fourth-order valence-corrected chi connectivity index (χ4v) is 1.80. The molecule has 1 rings (SSSR count). The quantitative estimate of drug-likeness (QED) is 0.443. The summed E-state index contributed by atoms with van der Waals surface area (Å²) in [6.07, 6.45) is -1.57. The highest BCUT2D eigenvalue weighted by molar-refractivity contribution is 5.68. The van der Waals surface area contributed by atoms with E-state index in [4.69, 9.17) is 10.3 Å². The highest BCUT2D eigenvalue weighted by atomic mass is 16.6. The molecule has 0 unspecified atom stereocenters. The number of amides is 1. The third-order valence-electron chi connectivity index (χ3n) is 2.89. The van der Waals surface area contributed by atoms with Gasteiger partial charge in [0.1, 0.15) is 11.7 Å². The molecule has 0 aromatic carbocycles. The fraction of sp³-hybridized carbons (Fsp3) is 0.909. The summed E-state index contributed by atoms with van der Waals surface area (Å²) in [7, 11) is 0. The Morgan fingerprint density at radius 3 is 2.74 bits per heavy atom. The number of piperidine rings is 1. The van der Waals surface area contributed by atoms with Gasteiger partial charge in [0.15, 0.2) is 0 Å². The zero-order chi connectivity index (χ0) is 14.7. The van der Waals surface area contributed by atoms with E-state index in [1.54, 1.807) is 20.8 Å². The molecule has 2 atom stereocenters. The van der Waals surface area contributed by atoms with E-state index in [1.165, 1.54) is 4.90 Å². The fourth-order valence-electron chi connectivity index (χ4n) is 1.80. The van der Waals surface area contributed by atoms with E-state index in [-0.39, 0.29) is 26.1 Å². The van der Waals surface area contributed by atoms with Crippen molar-refractivity contribution in [3.63, 3.8) is 0 Å². The second-order valence-corrected chi connectivity index (χ2v) is 5.68. The van der Waals surface area contributed by atoms with Crippen LogP contribution in [0.1, 0.15) is 27.2 Å². The third kappa shape index (κ3) is 4.27. The number of carbonyl (C=O) groups excluding carboxylic acids is 1. The van der Waals surface area contributed by atoms with Gasteiger partial charge in [0.05, 0.1) is 18.7 Å². The van der Waals surface area contributed by atoms with Gasteiger partial charge in [-0.1, -0.05) is 5.11 Å². The molecule has 0 radical (unpaired) electrons. The topological polar surface area (TPSA) is 119 Å². The predicted octanol–water partition coefficient (Wildman–Crippen LogP) is 1.03. The molecule has 1 fully saturated rings. The Morgan fingerprint density at radius 1 is 1.63 bits per heavy atom. The van der Waals surface area contributed by atoms with Gasteiger partial charge in [0.2, 0.25) is 0 Å². The number of hydrogen-bond donors (Lipinski definition) is 2. The van der Waals surface area contributed by atoms with E-state index < -0.39 is 23.4 Å². The molecule has 1 heterocycles. The number of β-amino-alcohol motifs (C(OH)–C–C–N with tert-alkyl or cyclic N) is 1. The van der Waals surface area contributed by atoms with Crippen LogP contribution in [-0.2, 0) is 4.74 Å².